The first-order valence-electron chi connectivity index (χ1n) is 9.66. The summed E-state index contributed by atoms with van der Waals surface area (Å²) in [6.45, 7) is 2.24. The summed E-state index contributed by atoms with van der Waals surface area (Å²) < 4.78 is 24.5. The molecular formula is C21H25FN4O3. The van der Waals surface area contributed by atoms with Gasteiger partial charge in [-0.25, -0.2) is 4.39 Å². The Morgan fingerprint density at radius 3 is 2.55 bits per heavy atom. The molecule has 0 saturated carbocycles. The molecule has 2 aliphatic rings. The third-order valence-electron chi connectivity index (χ3n) is 5.49. The Hall–Kier alpha value is -2.84. The van der Waals surface area contributed by atoms with E-state index < -0.39 is 6.04 Å². The molecule has 154 valence electrons. The standard InChI is InChI=1S/C21H25FN4O3/c1-28-19-6-3-14(22)9-18(19)25-17-7-8-26(21(17)27)15-4-5-16(20(10-15)29-2)13-11-23-24-12-13/h3-6,9-10,13,17,23-25H,7-8,11-12H2,1-2H3. The molecule has 0 spiro atoms. The molecule has 0 aromatic heterocycles. The highest BCUT2D eigenvalue weighted by Gasteiger charge is 2.33. The maximum Gasteiger partial charge on any atom is 0.249 e. The van der Waals surface area contributed by atoms with E-state index in [-0.39, 0.29) is 11.7 Å². The minimum Gasteiger partial charge on any atom is -0.496 e. The first-order chi connectivity index (χ1) is 14.1. The zero-order valence-electron chi connectivity index (χ0n) is 16.5. The number of benzene rings is 2. The van der Waals surface area contributed by atoms with E-state index in [1.165, 1.54) is 19.2 Å². The number of carbonyl (C=O) groups excluding carboxylic acids is 1. The molecule has 8 heteroatoms. The second-order valence-corrected chi connectivity index (χ2v) is 7.21. The largest absolute Gasteiger partial charge is 0.496 e. The first kappa shape index (κ1) is 19.5. The number of methoxy groups -OCH3 is 2. The lowest BCUT2D eigenvalue weighted by Crippen LogP contribution is -2.33. The van der Waals surface area contributed by atoms with Gasteiger partial charge in [0.05, 0.1) is 19.9 Å². The summed E-state index contributed by atoms with van der Waals surface area (Å²) in [6.07, 6.45) is 0.610. The molecule has 0 radical (unpaired) electrons. The van der Waals surface area contributed by atoms with Crippen LogP contribution in [0.15, 0.2) is 36.4 Å². The average molecular weight is 400 g/mol. The lowest BCUT2D eigenvalue weighted by atomic mass is 9.98. The minimum absolute atomic E-state index is 0.0599. The van der Waals surface area contributed by atoms with Gasteiger partial charge in [-0.2, -0.15) is 0 Å². The van der Waals surface area contributed by atoms with Crippen molar-refractivity contribution in [2.24, 2.45) is 0 Å². The second-order valence-electron chi connectivity index (χ2n) is 7.21. The SMILES string of the molecule is COc1ccc(F)cc1NC1CCN(c2ccc(C3CNNC3)c(OC)c2)C1=O. The van der Waals surface area contributed by atoms with Gasteiger partial charge in [-0.1, -0.05) is 6.07 Å². The molecule has 29 heavy (non-hydrogen) atoms. The maximum atomic E-state index is 13.6. The Morgan fingerprint density at radius 2 is 1.83 bits per heavy atom. The first-order valence-corrected chi connectivity index (χ1v) is 9.66. The third-order valence-corrected chi connectivity index (χ3v) is 5.49. The molecule has 3 N–H and O–H groups in total. The molecule has 1 unspecified atom stereocenters. The quantitative estimate of drug-likeness (QED) is 0.691. The van der Waals surface area contributed by atoms with E-state index in [9.17, 15) is 9.18 Å². The molecule has 1 atom stereocenters. The number of hydrogen-bond acceptors (Lipinski definition) is 6. The van der Waals surface area contributed by atoms with Crippen molar-refractivity contribution in [1.29, 1.82) is 0 Å². The fourth-order valence-corrected chi connectivity index (χ4v) is 3.94. The average Bonchev–Trinajstić information content (AvgIpc) is 3.38. The van der Waals surface area contributed by atoms with Crippen molar-refractivity contribution in [3.05, 3.63) is 47.8 Å². The highest BCUT2D eigenvalue weighted by atomic mass is 19.1. The summed E-state index contributed by atoms with van der Waals surface area (Å²) in [5, 5.41) is 3.13. The van der Waals surface area contributed by atoms with Gasteiger partial charge < -0.3 is 19.7 Å². The monoisotopic (exact) mass is 400 g/mol. The minimum atomic E-state index is -0.445. The number of nitrogens with one attached hydrogen (secondary N) is 3. The number of carbonyl (C=O) groups is 1. The Labute approximate surface area is 169 Å². The second kappa shape index (κ2) is 8.26. The molecule has 4 rings (SSSR count). The van der Waals surface area contributed by atoms with Gasteiger partial charge in [-0.3, -0.25) is 15.6 Å². The highest BCUT2D eigenvalue weighted by molar-refractivity contribution is 6.01. The van der Waals surface area contributed by atoms with Crippen LogP contribution in [0.1, 0.15) is 17.9 Å². The van der Waals surface area contributed by atoms with E-state index in [1.807, 2.05) is 18.2 Å². The normalized spacial score (nSPS) is 19.6. The van der Waals surface area contributed by atoms with Crippen molar-refractivity contribution in [1.82, 2.24) is 10.9 Å². The van der Waals surface area contributed by atoms with Crippen molar-refractivity contribution in [2.75, 3.05) is 44.1 Å². The lowest BCUT2D eigenvalue weighted by Gasteiger charge is -2.21. The van der Waals surface area contributed by atoms with Gasteiger partial charge in [0.2, 0.25) is 5.91 Å². The summed E-state index contributed by atoms with van der Waals surface area (Å²) >= 11 is 0. The molecular weight excluding hydrogens is 375 g/mol. The number of halogens is 1. The summed E-state index contributed by atoms with van der Waals surface area (Å²) in [6, 6.07) is 9.67. The van der Waals surface area contributed by atoms with E-state index in [0.717, 1.165) is 30.1 Å². The highest BCUT2D eigenvalue weighted by Crippen LogP contribution is 2.34. The van der Waals surface area contributed by atoms with Gasteiger partial charge in [-0.05, 0) is 30.2 Å². The van der Waals surface area contributed by atoms with Crippen LogP contribution in [0.25, 0.3) is 0 Å². The number of anilines is 2. The van der Waals surface area contributed by atoms with Crippen molar-refractivity contribution < 1.29 is 18.7 Å². The summed E-state index contributed by atoms with van der Waals surface area (Å²) in [7, 11) is 3.16. The zero-order chi connectivity index (χ0) is 20.4. The molecule has 2 heterocycles. The topological polar surface area (TPSA) is 74.9 Å². The Kier molecular flexibility index (Phi) is 5.55. The maximum absolute atomic E-state index is 13.6. The Bertz CT molecular complexity index is 901. The molecule has 2 aromatic rings. The Balaban J connectivity index is 1.52. The van der Waals surface area contributed by atoms with E-state index in [4.69, 9.17) is 9.47 Å². The third kappa shape index (κ3) is 3.86. The molecule has 0 aliphatic carbocycles. The number of nitrogens with zero attached hydrogens (tertiary/aromatic N) is 1. The van der Waals surface area contributed by atoms with Gasteiger partial charge in [0.25, 0.3) is 0 Å². The van der Waals surface area contributed by atoms with Crippen molar-refractivity contribution in [2.45, 2.75) is 18.4 Å². The summed E-state index contributed by atoms with van der Waals surface area (Å²) in [5.41, 5.74) is 8.63. The summed E-state index contributed by atoms with van der Waals surface area (Å²) in [5.74, 6) is 1.15. The lowest BCUT2D eigenvalue weighted by molar-refractivity contribution is -0.117. The predicted molar refractivity (Wildman–Crippen MR) is 109 cm³/mol. The molecule has 2 saturated heterocycles. The van der Waals surface area contributed by atoms with Gasteiger partial charge in [0.15, 0.2) is 0 Å². The Morgan fingerprint density at radius 1 is 1.07 bits per heavy atom. The van der Waals surface area contributed by atoms with Crippen LogP contribution in [0.4, 0.5) is 15.8 Å². The molecule has 2 fully saturated rings. The fraction of sp³-hybridized carbons (Fsp3) is 0.381. The van der Waals surface area contributed by atoms with E-state index in [0.29, 0.717) is 30.3 Å². The van der Waals surface area contributed by atoms with Gasteiger partial charge in [0.1, 0.15) is 23.4 Å². The van der Waals surface area contributed by atoms with Crippen molar-refractivity contribution >= 4 is 17.3 Å². The van der Waals surface area contributed by atoms with Crippen LogP contribution in [0.5, 0.6) is 11.5 Å². The van der Waals surface area contributed by atoms with Crippen LogP contribution in [0.2, 0.25) is 0 Å². The molecule has 7 nitrogen and oxygen atoms in total. The number of amides is 1. The predicted octanol–water partition coefficient (Wildman–Crippen LogP) is 2.25. The van der Waals surface area contributed by atoms with Crippen LogP contribution >= 0.6 is 0 Å². The van der Waals surface area contributed by atoms with Crippen molar-refractivity contribution in [3.63, 3.8) is 0 Å². The summed E-state index contributed by atoms with van der Waals surface area (Å²) in [4.78, 5) is 14.7. The molecule has 1 amide bonds. The van der Waals surface area contributed by atoms with E-state index >= 15 is 0 Å². The number of ether oxygens (including phenoxy) is 2. The van der Waals surface area contributed by atoms with Crippen LogP contribution in [0, 0.1) is 5.82 Å². The van der Waals surface area contributed by atoms with Crippen LogP contribution in [-0.2, 0) is 4.79 Å². The number of rotatable bonds is 6. The van der Waals surface area contributed by atoms with Gasteiger partial charge in [0, 0.05) is 43.4 Å². The molecule has 2 aliphatic heterocycles. The van der Waals surface area contributed by atoms with Crippen LogP contribution < -0.4 is 30.5 Å². The van der Waals surface area contributed by atoms with Gasteiger partial charge in [-0.15, -0.1) is 0 Å². The van der Waals surface area contributed by atoms with Crippen molar-refractivity contribution in [3.8, 4) is 11.5 Å². The number of hydrogen-bond donors (Lipinski definition) is 3. The van der Waals surface area contributed by atoms with Crippen LogP contribution in [-0.4, -0.2) is 45.8 Å². The van der Waals surface area contributed by atoms with E-state index in [2.05, 4.69) is 16.2 Å². The van der Waals surface area contributed by atoms with Crippen LogP contribution in [0.3, 0.4) is 0 Å². The van der Waals surface area contributed by atoms with E-state index in [1.54, 1.807) is 18.1 Å². The smallest absolute Gasteiger partial charge is 0.249 e. The molecule has 0 bridgehead atoms. The fourth-order valence-electron chi connectivity index (χ4n) is 3.94. The number of hydrazine groups is 1. The molecule has 2 aromatic carbocycles. The van der Waals surface area contributed by atoms with Gasteiger partial charge >= 0.3 is 0 Å². The zero-order valence-corrected chi connectivity index (χ0v) is 16.5.